The van der Waals surface area contributed by atoms with E-state index in [2.05, 4.69) is 4.98 Å². The van der Waals surface area contributed by atoms with E-state index in [9.17, 15) is 18.7 Å². The number of halogens is 2. The molecule has 0 aliphatic carbocycles. The van der Waals surface area contributed by atoms with E-state index in [4.69, 9.17) is 0 Å². The van der Waals surface area contributed by atoms with Gasteiger partial charge in [0.25, 0.3) is 0 Å². The number of hydrogen-bond acceptors (Lipinski definition) is 2. The second kappa shape index (κ2) is 4.33. The molecule has 0 radical (unpaired) electrons. The Kier molecular flexibility index (Phi) is 2.98. The maximum atomic E-state index is 13.6. The number of nitrogens with zero attached hydrogens (tertiary/aromatic N) is 1. The number of pyridine rings is 1. The SMILES string of the molecule is CCc1c(C)nc2c(F)cc(F)cc2c1C(=O)O. The van der Waals surface area contributed by atoms with E-state index in [1.54, 1.807) is 13.8 Å². The van der Waals surface area contributed by atoms with Gasteiger partial charge in [0.1, 0.15) is 11.3 Å². The van der Waals surface area contributed by atoms with Gasteiger partial charge in [0.05, 0.1) is 5.56 Å². The first-order chi connectivity index (χ1) is 8.45. The van der Waals surface area contributed by atoms with E-state index in [0.717, 1.165) is 6.07 Å². The largest absolute Gasteiger partial charge is 0.478 e. The van der Waals surface area contributed by atoms with Gasteiger partial charge in [-0.15, -0.1) is 0 Å². The van der Waals surface area contributed by atoms with Crippen molar-refractivity contribution < 1.29 is 18.7 Å². The lowest BCUT2D eigenvalue weighted by atomic mass is 9.98. The predicted octanol–water partition coefficient (Wildman–Crippen LogP) is 3.08. The van der Waals surface area contributed by atoms with Crippen molar-refractivity contribution in [2.24, 2.45) is 0 Å². The average Bonchev–Trinajstić information content (AvgIpc) is 2.28. The van der Waals surface area contributed by atoms with Crippen LogP contribution in [0.3, 0.4) is 0 Å². The molecule has 3 nitrogen and oxygen atoms in total. The van der Waals surface area contributed by atoms with Crippen molar-refractivity contribution >= 4 is 16.9 Å². The minimum atomic E-state index is -1.20. The van der Waals surface area contributed by atoms with E-state index in [0.29, 0.717) is 23.7 Å². The lowest BCUT2D eigenvalue weighted by Gasteiger charge is -2.11. The molecule has 1 heterocycles. The van der Waals surface area contributed by atoms with E-state index in [1.165, 1.54) is 0 Å². The minimum absolute atomic E-state index is 0.00227. The number of hydrogen-bond donors (Lipinski definition) is 1. The normalized spacial score (nSPS) is 10.9. The summed E-state index contributed by atoms with van der Waals surface area (Å²) in [5, 5.41) is 9.23. The molecule has 2 aromatic rings. The van der Waals surface area contributed by atoms with Gasteiger partial charge in [-0.2, -0.15) is 0 Å². The van der Waals surface area contributed by atoms with Crippen molar-refractivity contribution in [3.05, 3.63) is 40.6 Å². The summed E-state index contributed by atoms with van der Waals surface area (Å²) in [5.41, 5.74) is 0.773. The lowest BCUT2D eigenvalue weighted by Crippen LogP contribution is -2.08. The van der Waals surface area contributed by atoms with Crippen LogP contribution in [0.5, 0.6) is 0 Å². The fraction of sp³-hybridized carbons (Fsp3) is 0.231. The molecular formula is C13H11F2NO2. The predicted molar refractivity (Wildman–Crippen MR) is 62.7 cm³/mol. The molecule has 0 atom stereocenters. The highest BCUT2D eigenvalue weighted by atomic mass is 19.1. The molecule has 2 rings (SSSR count). The molecule has 18 heavy (non-hydrogen) atoms. The van der Waals surface area contributed by atoms with Crippen LogP contribution in [0.25, 0.3) is 10.9 Å². The molecule has 0 aliphatic rings. The topological polar surface area (TPSA) is 50.2 Å². The number of aromatic nitrogens is 1. The number of fused-ring (bicyclic) bond motifs is 1. The number of aromatic carboxylic acids is 1. The quantitative estimate of drug-likeness (QED) is 0.892. The van der Waals surface area contributed by atoms with Gasteiger partial charge in [-0.25, -0.2) is 18.6 Å². The molecule has 1 aromatic heterocycles. The van der Waals surface area contributed by atoms with Crippen molar-refractivity contribution in [3.63, 3.8) is 0 Å². The Morgan fingerprint density at radius 3 is 2.61 bits per heavy atom. The Balaban J connectivity index is 3.01. The molecule has 94 valence electrons. The molecule has 0 amide bonds. The number of rotatable bonds is 2. The zero-order valence-corrected chi connectivity index (χ0v) is 9.92. The Bertz CT molecular complexity index is 653. The maximum Gasteiger partial charge on any atom is 0.336 e. The third-order valence-corrected chi connectivity index (χ3v) is 2.88. The summed E-state index contributed by atoms with van der Waals surface area (Å²) in [6, 6.07) is 1.71. The number of carboxylic acid groups (broad SMARTS) is 1. The highest BCUT2D eigenvalue weighted by Crippen LogP contribution is 2.26. The first kappa shape index (κ1) is 12.4. The smallest absolute Gasteiger partial charge is 0.336 e. The van der Waals surface area contributed by atoms with Crippen LogP contribution < -0.4 is 0 Å². The van der Waals surface area contributed by atoms with E-state index >= 15 is 0 Å². The van der Waals surface area contributed by atoms with Gasteiger partial charge in [0.15, 0.2) is 5.82 Å². The molecule has 1 aromatic carbocycles. The van der Waals surface area contributed by atoms with Crippen LogP contribution in [0.4, 0.5) is 8.78 Å². The van der Waals surface area contributed by atoms with E-state index in [1.807, 2.05) is 0 Å². The monoisotopic (exact) mass is 251 g/mol. The first-order valence-electron chi connectivity index (χ1n) is 5.47. The molecule has 0 bridgehead atoms. The Morgan fingerprint density at radius 1 is 1.39 bits per heavy atom. The summed E-state index contributed by atoms with van der Waals surface area (Å²) >= 11 is 0. The Hall–Kier alpha value is -2.04. The lowest BCUT2D eigenvalue weighted by molar-refractivity contribution is 0.0697. The summed E-state index contributed by atoms with van der Waals surface area (Å²) in [7, 11) is 0. The van der Waals surface area contributed by atoms with Gasteiger partial charge < -0.3 is 5.11 Å². The van der Waals surface area contributed by atoms with Crippen LogP contribution in [-0.4, -0.2) is 16.1 Å². The molecule has 5 heteroatoms. The molecule has 0 saturated heterocycles. The summed E-state index contributed by atoms with van der Waals surface area (Å²) in [6.07, 6.45) is 0.439. The van der Waals surface area contributed by atoms with Crippen molar-refractivity contribution in [2.45, 2.75) is 20.3 Å². The number of benzene rings is 1. The highest BCUT2D eigenvalue weighted by Gasteiger charge is 2.19. The average molecular weight is 251 g/mol. The molecule has 0 fully saturated rings. The van der Waals surface area contributed by atoms with E-state index < -0.39 is 17.6 Å². The third-order valence-electron chi connectivity index (χ3n) is 2.88. The molecule has 0 unspecified atom stereocenters. The Labute approximate surface area is 102 Å². The van der Waals surface area contributed by atoms with Crippen LogP contribution in [0.15, 0.2) is 12.1 Å². The zero-order valence-electron chi connectivity index (χ0n) is 9.92. The minimum Gasteiger partial charge on any atom is -0.478 e. The van der Waals surface area contributed by atoms with Crippen molar-refractivity contribution in [3.8, 4) is 0 Å². The number of carboxylic acids is 1. The van der Waals surface area contributed by atoms with E-state index in [-0.39, 0.29) is 16.5 Å². The maximum absolute atomic E-state index is 13.6. The van der Waals surface area contributed by atoms with Crippen LogP contribution in [-0.2, 0) is 6.42 Å². The molecule has 0 aliphatic heterocycles. The summed E-state index contributed by atoms with van der Waals surface area (Å²) in [5.74, 6) is -2.86. The van der Waals surface area contributed by atoms with Crippen molar-refractivity contribution in [2.75, 3.05) is 0 Å². The van der Waals surface area contributed by atoms with Gasteiger partial charge in [0, 0.05) is 17.1 Å². The van der Waals surface area contributed by atoms with Gasteiger partial charge in [-0.05, 0) is 25.0 Å². The Morgan fingerprint density at radius 2 is 2.06 bits per heavy atom. The van der Waals surface area contributed by atoms with Gasteiger partial charge in [0.2, 0.25) is 0 Å². The summed E-state index contributed by atoms with van der Waals surface area (Å²) in [6.45, 7) is 3.39. The van der Waals surface area contributed by atoms with Gasteiger partial charge >= 0.3 is 5.97 Å². The first-order valence-corrected chi connectivity index (χ1v) is 5.47. The van der Waals surface area contributed by atoms with Crippen LogP contribution in [0.2, 0.25) is 0 Å². The van der Waals surface area contributed by atoms with Crippen LogP contribution >= 0.6 is 0 Å². The fourth-order valence-corrected chi connectivity index (χ4v) is 2.13. The zero-order chi connectivity index (χ0) is 13.4. The molecule has 0 spiro atoms. The second-order valence-corrected chi connectivity index (χ2v) is 3.99. The van der Waals surface area contributed by atoms with Crippen LogP contribution in [0, 0.1) is 18.6 Å². The fourth-order valence-electron chi connectivity index (χ4n) is 2.13. The van der Waals surface area contributed by atoms with Gasteiger partial charge in [-0.3, -0.25) is 0 Å². The number of carbonyl (C=O) groups is 1. The second-order valence-electron chi connectivity index (χ2n) is 3.99. The van der Waals surface area contributed by atoms with Crippen LogP contribution in [0.1, 0.15) is 28.5 Å². The van der Waals surface area contributed by atoms with Gasteiger partial charge in [-0.1, -0.05) is 6.92 Å². The van der Waals surface area contributed by atoms with Crippen molar-refractivity contribution in [1.82, 2.24) is 4.98 Å². The number of aryl methyl sites for hydroxylation is 1. The summed E-state index contributed by atoms with van der Waals surface area (Å²) < 4.78 is 26.8. The third kappa shape index (κ3) is 1.81. The standard InChI is InChI=1S/C13H11F2NO2/c1-3-8-6(2)16-12-9(11(8)13(17)18)4-7(14)5-10(12)15/h4-5H,3H2,1-2H3,(H,17,18). The molecule has 1 N–H and O–H groups in total. The molecule has 0 saturated carbocycles. The molecular weight excluding hydrogens is 240 g/mol. The summed E-state index contributed by atoms with van der Waals surface area (Å²) in [4.78, 5) is 15.3. The highest BCUT2D eigenvalue weighted by molar-refractivity contribution is 6.04. The van der Waals surface area contributed by atoms with Crippen molar-refractivity contribution in [1.29, 1.82) is 0 Å².